The molecule has 2 aromatic carbocycles. The van der Waals surface area contributed by atoms with Crippen LogP contribution in [0.4, 0.5) is 8.78 Å². The Bertz CT molecular complexity index is 1490. The summed E-state index contributed by atoms with van der Waals surface area (Å²) < 4.78 is 35.6. The molecular formula is C20H12BrF2N7O2. The van der Waals surface area contributed by atoms with Crippen LogP contribution in [-0.2, 0) is 13.1 Å². The maximum atomic E-state index is 13.4. The molecule has 9 nitrogen and oxygen atoms in total. The SMILES string of the molecule is O=c1c2nnn(Cc3cc(F)cc(F)c3)c2ncn1Cc1nc(-c2cccc(Br)c2)no1. The summed E-state index contributed by atoms with van der Waals surface area (Å²) in [7, 11) is 0. The Balaban J connectivity index is 1.42. The Morgan fingerprint density at radius 3 is 2.66 bits per heavy atom. The molecule has 0 radical (unpaired) electrons. The van der Waals surface area contributed by atoms with Crippen LogP contribution in [-0.4, -0.2) is 34.7 Å². The molecule has 0 N–H and O–H groups in total. The van der Waals surface area contributed by atoms with E-state index in [0.29, 0.717) is 11.4 Å². The van der Waals surface area contributed by atoms with Crippen LogP contribution in [0.15, 0.2) is 62.6 Å². The molecule has 0 amide bonds. The highest BCUT2D eigenvalue weighted by molar-refractivity contribution is 9.10. The predicted octanol–water partition coefficient (Wildman–Crippen LogP) is 3.18. The summed E-state index contributed by atoms with van der Waals surface area (Å²) in [5.74, 6) is -0.814. The third kappa shape index (κ3) is 3.91. The van der Waals surface area contributed by atoms with Gasteiger partial charge in [0.25, 0.3) is 5.56 Å². The number of aromatic nitrogens is 7. The molecule has 0 bridgehead atoms. The summed E-state index contributed by atoms with van der Waals surface area (Å²) in [6.45, 7) is -0.00790. The van der Waals surface area contributed by atoms with E-state index in [1.54, 1.807) is 0 Å². The largest absolute Gasteiger partial charge is 0.337 e. The van der Waals surface area contributed by atoms with Gasteiger partial charge in [0.05, 0.1) is 6.54 Å². The van der Waals surface area contributed by atoms with Gasteiger partial charge in [-0.05, 0) is 29.8 Å². The zero-order chi connectivity index (χ0) is 22.2. The van der Waals surface area contributed by atoms with Gasteiger partial charge in [0.15, 0.2) is 11.2 Å². The van der Waals surface area contributed by atoms with Gasteiger partial charge >= 0.3 is 0 Å². The van der Waals surface area contributed by atoms with Crippen molar-refractivity contribution in [2.24, 2.45) is 0 Å². The summed E-state index contributed by atoms with van der Waals surface area (Å²) >= 11 is 3.39. The minimum absolute atomic E-state index is 0.00128. The van der Waals surface area contributed by atoms with Crippen LogP contribution < -0.4 is 5.56 Å². The summed E-state index contributed by atoms with van der Waals surface area (Å²) in [5, 5.41) is 11.7. The minimum atomic E-state index is -0.707. The van der Waals surface area contributed by atoms with Crippen molar-refractivity contribution in [2.75, 3.05) is 0 Å². The summed E-state index contributed by atoms with van der Waals surface area (Å²) in [6, 6.07) is 10.5. The molecule has 0 unspecified atom stereocenters. The highest BCUT2D eigenvalue weighted by Gasteiger charge is 2.16. The van der Waals surface area contributed by atoms with E-state index in [9.17, 15) is 13.6 Å². The van der Waals surface area contributed by atoms with Gasteiger partial charge in [-0.2, -0.15) is 4.98 Å². The molecule has 0 fully saturated rings. The number of nitrogens with zero attached hydrogens (tertiary/aromatic N) is 7. The van der Waals surface area contributed by atoms with Gasteiger partial charge in [-0.25, -0.2) is 18.4 Å². The summed E-state index contributed by atoms with van der Waals surface area (Å²) in [6.07, 6.45) is 1.31. The van der Waals surface area contributed by atoms with Crippen molar-refractivity contribution >= 4 is 27.1 Å². The van der Waals surface area contributed by atoms with E-state index in [0.717, 1.165) is 16.1 Å². The second-order valence-corrected chi connectivity index (χ2v) is 7.81. The average molecular weight is 500 g/mol. The number of hydrogen-bond acceptors (Lipinski definition) is 7. The van der Waals surface area contributed by atoms with E-state index in [-0.39, 0.29) is 30.1 Å². The summed E-state index contributed by atoms with van der Waals surface area (Å²) in [5.41, 5.74) is 0.819. The number of fused-ring (bicyclic) bond motifs is 1. The van der Waals surface area contributed by atoms with E-state index in [1.165, 1.54) is 27.7 Å². The first kappa shape index (κ1) is 20.1. The van der Waals surface area contributed by atoms with Crippen molar-refractivity contribution in [1.82, 2.24) is 34.7 Å². The molecule has 0 saturated carbocycles. The second kappa shape index (κ2) is 8.04. The van der Waals surface area contributed by atoms with Crippen molar-refractivity contribution in [3.05, 3.63) is 86.7 Å². The maximum absolute atomic E-state index is 13.4. The molecule has 5 rings (SSSR count). The zero-order valence-corrected chi connectivity index (χ0v) is 17.7. The molecular weight excluding hydrogens is 488 g/mol. The molecule has 0 aliphatic heterocycles. The Kier molecular flexibility index (Phi) is 5.05. The molecule has 0 atom stereocenters. The molecule has 0 aliphatic carbocycles. The Morgan fingerprint density at radius 2 is 1.88 bits per heavy atom. The smallest absolute Gasteiger partial charge is 0.283 e. The lowest BCUT2D eigenvalue weighted by molar-refractivity contribution is 0.369. The predicted molar refractivity (Wildman–Crippen MR) is 112 cm³/mol. The lowest BCUT2D eigenvalue weighted by Crippen LogP contribution is -2.21. The van der Waals surface area contributed by atoms with Crippen LogP contribution in [0.3, 0.4) is 0 Å². The van der Waals surface area contributed by atoms with Crippen LogP contribution in [0.5, 0.6) is 0 Å². The van der Waals surface area contributed by atoms with Gasteiger partial charge in [0.1, 0.15) is 24.5 Å². The van der Waals surface area contributed by atoms with Gasteiger partial charge < -0.3 is 4.52 Å². The van der Waals surface area contributed by atoms with Crippen molar-refractivity contribution in [3.63, 3.8) is 0 Å². The third-order valence-corrected chi connectivity index (χ3v) is 5.10. The fourth-order valence-electron chi connectivity index (χ4n) is 3.19. The topological polar surface area (TPSA) is 105 Å². The summed E-state index contributed by atoms with van der Waals surface area (Å²) in [4.78, 5) is 21.4. The lowest BCUT2D eigenvalue weighted by atomic mass is 10.2. The fourth-order valence-corrected chi connectivity index (χ4v) is 3.59. The van der Waals surface area contributed by atoms with Crippen molar-refractivity contribution in [2.45, 2.75) is 13.1 Å². The molecule has 32 heavy (non-hydrogen) atoms. The average Bonchev–Trinajstić information content (AvgIpc) is 3.37. The quantitative estimate of drug-likeness (QED) is 0.365. The Morgan fingerprint density at radius 1 is 1.06 bits per heavy atom. The van der Waals surface area contributed by atoms with Crippen LogP contribution in [0.1, 0.15) is 11.5 Å². The van der Waals surface area contributed by atoms with Crippen molar-refractivity contribution in [1.29, 1.82) is 0 Å². The highest BCUT2D eigenvalue weighted by atomic mass is 79.9. The molecule has 3 aromatic heterocycles. The van der Waals surface area contributed by atoms with E-state index in [1.807, 2.05) is 24.3 Å². The van der Waals surface area contributed by atoms with Crippen LogP contribution >= 0.6 is 15.9 Å². The molecule has 0 spiro atoms. The first-order chi connectivity index (χ1) is 15.5. The number of benzene rings is 2. The Labute approximate surface area is 186 Å². The molecule has 3 heterocycles. The van der Waals surface area contributed by atoms with Crippen LogP contribution in [0.25, 0.3) is 22.6 Å². The van der Waals surface area contributed by atoms with Gasteiger partial charge in [0.2, 0.25) is 11.7 Å². The van der Waals surface area contributed by atoms with E-state index in [4.69, 9.17) is 4.52 Å². The number of rotatable bonds is 5. The first-order valence-corrected chi connectivity index (χ1v) is 10.1. The van der Waals surface area contributed by atoms with Crippen LogP contribution in [0.2, 0.25) is 0 Å². The number of hydrogen-bond donors (Lipinski definition) is 0. The van der Waals surface area contributed by atoms with Gasteiger partial charge in [-0.3, -0.25) is 9.36 Å². The van der Waals surface area contributed by atoms with E-state index in [2.05, 4.69) is 41.4 Å². The normalized spacial score (nSPS) is 11.3. The molecule has 5 aromatic rings. The molecule has 160 valence electrons. The standard InChI is InChI=1S/C20H12BrF2N7O2/c21-13-3-1-2-12(6-13)18-25-16(32-27-18)9-29-10-24-19-17(20(29)31)26-28-30(19)8-11-4-14(22)7-15(23)5-11/h1-7,10H,8-9H2. The van der Waals surface area contributed by atoms with Crippen molar-refractivity contribution < 1.29 is 13.3 Å². The van der Waals surface area contributed by atoms with E-state index < -0.39 is 17.2 Å². The zero-order valence-electron chi connectivity index (χ0n) is 16.1. The monoisotopic (exact) mass is 499 g/mol. The fraction of sp³-hybridized carbons (Fsp3) is 0.100. The molecule has 12 heteroatoms. The highest BCUT2D eigenvalue weighted by Crippen LogP contribution is 2.20. The second-order valence-electron chi connectivity index (χ2n) is 6.90. The van der Waals surface area contributed by atoms with Gasteiger partial charge in [-0.15, -0.1) is 5.10 Å². The van der Waals surface area contributed by atoms with Gasteiger partial charge in [-0.1, -0.05) is 38.4 Å². The van der Waals surface area contributed by atoms with Crippen LogP contribution in [0, 0.1) is 11.6 Å². The molecule has 0 aliphatic rings. The first-order valence-electron chi connectivity index (χ1n) is 9.28. The van der Waals surface area contributed by atoms with Gasteiger partial charge in [0, 0.05) is 16.1 Å². The minimum Gasteiger partial charge on any atom is -0.337 e. The lowest BCUT2D eigenvalue weighted by Gasteiger charge is -2.04. The number of halogens is 3. The van der Waals surface area contributed by atoms with Crippen molar-refractivity contribution in [3.8, 4) is 11.4 Å². The van der Waals surface area contributed by atoms with E-state index >= 15 is 0 Å². The maximum Gasteiger partial charge on any atom is 0.283 e. The molecule has 0 saturated heterocycles. The Hall–Kier alpha value is -3.80. The third-order valence-electron chi connectivity index (χ3n) is 4.60.